The summed E-state index contributed by atoms with van der Waals surface area (Å²) in [5.41, 5.74) is 1.16. The minimum absolute atomic E-state index is 0.0725. The molecule has 0 radical (unpaired) electrons. The third-order valence-electron chi connectivity index (χ3n) is 6.49. The Morgan fingerprint density at radius 3 is 2.49 bits per heavy atom. The van der Waals surface area contributed by atoms with Gasteiger partial charge in [-0.1, -0.05) is 42.5 Å². The summed E-state index contributed by atoms with van der Waals surface area (Å²) in [5.74, 6) is 1.97. The molecule has 0 saturated heterocycles. The summed E-state index contributed by atoms with van der Waals surface area (Å²) in [6.45, 7) is 4.68. The van der Waals surface area contributed by atoms with Crippen LogP contribution in [0.4, 0.5) is 0 Å². The van der Waals surface area contributed by atoms with Crippen molar-refractivity contribution in [1.82, 2.24) is 5.32 Å². The van der Waals surface area contributed by atoms with Crippen LogP contribution in [0.1, 0.15) is 35.6 Å². The van der Waals surface area contributed by atoms with Crippen LogP contribution >= 0.6 is 0 Å². The van der Waals surface area contributed by atoms with Crippen LogP contribution in [0.5, 0.6) is 17.2 Å². The number of nitrogens with one attached hydrogen (secondary N) is 1. The van der Waals surface area contributed by atoms with E-state index in [2.05, 4.69) is 11.9 Å². The highest BCUT2D eigenvalue weighted by atomic mass is 16.5. The van der Waals surface area contributed by atoms with Gasteiger partial charge in [0, 0.05) is 31.6 Å². The molecule has 1 aliphatic rings. The fourth-order valence-corrected chi connectivity index (χ4v) is 4.49. The standard InChI is InChI=1S/C31H34N2O6/c1-4-17-31(30(35)32-21-22-11-16-26(36-2)27(20-22)37-3)28(23-9-6-5-7-10-23)39-29(33-31)24-12-14-25(15-13-24)38-19-8-18-34/h4-7,9-16,20,28,34H,1,8,17-19,21H2,2-3H3,(H,32,35)/t28-,31-/m1/s1. The third kappa shape index (κ3) is 6.23. The van der Waals surface area contributed by atoms with Gasteiger partial charge in [0.05, 0.1) is 20.8 Å². The maximum atomic E-state index is 13.9. The number of hydrogen-bond acceptors (Lipinski definition) is 7. The number of methoxy groups -OCH3 is 2. The first-order chi connectivity index (χ1) is 19.0. The lowest BCUT2D eigenvalue weighted by Crippen LogP contribution is -2.47. The molecule has 0 saturated carbocycles. The van der Waals surface area contributed by atoms with Crippen LogP contribution in [-0.2, 0) is 16.1 Å². The van der Waals surface area contributed by atoms with Crippen LogP contribution in [0.15, 0.2) is 90.4 Å². The van der Waals surface area contributed by atoms with E-state index in [1.807, 2.05) is 66.7 Å². The molecule has 8 nitrogen and oxygen atoms in total. The lowest BCUT2D eigenvalue weighted by molar-refractivity contribution is -0.129. The van der Waals surface area contributed by atoms with E-state index >= 15 is 0 Å². The predicted molar refractivity (Wildman–Crippen MR) is 149 cm³/mol. The molecule has 0 bridgehead atoms. The molecule has 2 N–H and O–H groups in total. The molecular formula is C31H34N2O6. The van der Waals surface area contributed by atoms with Crippen molar-refractivity contribution in [3.8, 4) is 17.2 Å². The summed E-state index contributed by atoms with van der Waals surface area (Å²) in [5, 5.41) is 12.0. The van der Waals surface area contributed by atoms with E-state index in [9.17, 15) is 4.79 Å². The Morgan fingerprint density at radius 2 is 1.82 bits per heavy atom. The zero-order valence-electron chi connectivity index (χ0n) is 22.3. The Morgan fingerprint density at radius 1 is 1.08 bits per heavy atom. The van der Waals surface area contributed by atoms with Gasteiger partial charge in [0.1, 0.15) is 5.75 Å². The molecule has 204 valence electrons. The fraction of sp³-hybridized carbons (Fsp3) is 0.290. The quantitative estimate of drug-likeness (QED) is 0.247. The minimum Gasteiger partial charge on any atom is -0.494 e. The Kier molecular flexibility index (Phi) is 9.22. The van der Waals surface area contributed by atoms with E-state index in [0.29, 0.717) is 36.2 Å². The number of hydrogen-bond donors (Lipinski definition) is 2. The second-order valence-corrected chi connectivity index (χ2v) is 9.06. The Hall–Kier alpha value is -4.30. The molecule has 3 aromatic rings. The molecule has 0 fully saturated rings. The van der Waals surface area contributed by atoms with Gasteiger partial charge in [0.25, 0.3) is 5.91 Å². The Bertz CT molecular complexity index is 1290. The number of carbonyl (C=O) groups excluding carboxylic acids is 1. The number of aliphatic hydroxyl groups is 1. The number of amides is 1. The fourth-order valence-electron chi connectivity index (χ4n) is 4.49. The van der Waals surface area contributed by atoms with Gasteiger partial charge in [-0.05, 0) is 47.5 Å². The lowest BCUT2D eigenvalue weighted by atomic mass is 9.84. The normalized spacial score (nSPS) is 18.0. The molecule has 1 amide bonds. The SMILES string of the molecule is C=CC[C@@]1(C(=O)NCc2ccc(OC)c(OC)c2)N=C(c2ccc(OCCCO)cc2)O[C@@H]1c1ccccc1. The van der Waals surface area contributed by atoms with Crippen LogP contribution in [0.3, 0.4) is 0 Å². The molecule has 3 aromatic carbocycles. The number of nitrogens with zero attached hydrogens (tertiary/aromatic N) is 1. The van der Waals surface area contributed by atoms with E-state index in [1.54, 1.807) is 26.4 Å². The van der Waals surface area contributed by atoms with E-state index in [1.165, 1.54) is 0 Å². The zero-order chi connectivity index (χ0) is 27.7. The van der Waals surface area contributed by atoms with Crippen molar-refractivity contribution in [2.24, 2.45) is 4.99 Å². The molecule has 2 atom stereocenters. The monoisotopic (exact) mass is 530 g/mol. The highest BCUT2D eigenvalue weighted by Crippen LogP contribution is 2.42. The predicted octanol–water partition coefficient (Wildman–Crippen LogP) is 4.61. The Balaban J connectivity index is 1.63. The van der Waals surface area contributed by atoms with Crippen LogP contribution in [0.25, 0.3) is 0 Å². The summed E-state index contributed by atoms with van der Waals surface area (Å²) < 4.78 is 22.8. The van der Waals surface area contributed by atoms with Gasteiger partial charge in [-0.3, -0.25) is 4.79 Å². The molecule has 0 aromatic heterocycles. The van der Waals surface area contributed by atoms with Crippen molar-refractivity contribution in [3.63, 3.8) is 0 Å². The van der Waals surface area contributed by atoms with Crippen LogP contribution in [0.2, 0.25) is 0 Å². The highest BCUT2D eigenvalue weighted by molar-refractivity contribution is 6.01. The first kappa shape index (κ1) is 27.7. The van der Waals surface area contributed by atoms with Crippen molar-refractivity contribution in [2.45, 2.75) is 31.0 Å². The first-order valence-electron chi connectivity index (χ1n) is 12.8. The van der Waals surface area contributed by atoms with E-state index in [-0.39, 0.29) is 25.5 Å². The molecule has 0 unspecified atom stereocenters. The number of ether oxygens (including phenoxy) is 4. The lowest BCUT2D eigenvalue weighted by Gasteiger charge is -2.29. The van der Waals surface area contributed by atoms with Crippen molar-refractivity contribution >= 4 is 11.8 Å². The second kappa shape index (κ2) is 13.0. The zero-order valence-corrected chi connectivity index (χ0v) is 22.3. The van der Waals surface area contributed by atoms with Gasteiger partial charge in [-0.15, -0.1) is 6.58 Å². The summed E-state index contributed by atoms with van der Waals surface area (Å²) in [7, 11) is 3.15. The van der Waals surface area contributed by atoms with Gasteiger partial charge < -0.3 is 29.4 Å². The topological polar surface area (TPSA) is 98.6 Å². The molecular weight excluding hydrogens is 496 g/mol. The van der Waals surface area contributed by atoms with Crippen LogP contribution in [-0.4, -0.2) is 49.9 Å². The molecule has 0 aliphatic carbocycles. The number of benzene rings is 3. The number of aliphatic hydroxyl groups excluding tert-OH is 1. The van der Waals surface area contributed by atoms with Crippen molar-refractivity contribution in [2.75, 3.05) is 27.4 Å². The largest absolute Gasteiger partial charge is 0.494 e. The average molecular weight is 531 g/mol. The number of aliphatic imine (C=N–C) groups is 1. The molecule has 1 aliphatic heterocycles. The van der Waals surface area contributed by atoms with Gasteiger partial charge >= 0.3 is 0 Å². The van der Waals surface area contributed by atoms with Crippen molar-refractivity contribution in [3.05, 3.63) is 102 Å². The van der Waals surface area contributed by atoms with Crippen LogP contribution in [0, 0.1) is 0 Å². The maximum absolute atomic E-state index is 13.9. The van der Waals surface area contributed by atoms with Gasteiger partial charge in [-0.25, -0.2) is 4.99 Å². The first-order valence-corrected chi connectivity index (χ1v) is 12.8. The highest BCUT2D eigenvalue weighted by Gasteiger charge is 2.52. The van der Waals surface area contributed by atoms with E-state index in [0.717, 1.165) is 16.7 Å². The summed E-state index contributed by atoms with van der Waals surface area (Å²) in [6, 6.07) is 22.5. The average Bonchev–Trinajstić information content (AvgIpc) is 3.37. The molecule has 4 rings (SSSR count). The molecule has 0 spiro atoms. The summed E-state index contributed by atoms with van der Waals surface area (Å²) >= 11 is 0. The third-order valence-corrected chi connectivity index (χ3v) is 6.49. The minimum atomic E-state index is -1.26. The van der Waals surface area contributed by atoms with Crippen LogP contribution < -0.4 is 19.5 Å². The molecule has 8 heteroatoms. The Labute approximate surface area is 228 Å². The van der Waals surface area contributed by atoms with Gasteiger partial charge in [0.15, 0.2) is 23.1 Å². The summed E-state index contributed by atoms with van der Waals surface area (Å²) in [4.78, 5) is 18.8. The maximum Gasteiger partial charge on any atom is 0.252 e. The number of rotatable bonds is 13. The van der Waals surface area contributed by atoms with Crippen molar-refractivity contribution in [1.29, 1.82) is 0 Å². The van der Waals surface area contributed by atoms with E-state index < -0.39 is 11.6 Å². The van der Waals surface area contributed by atoms with Gasteiger partial charge in [0.2, 0.25) is 5.90 Å². The molecule has 39 heavy (non-hydrogen) atoms. The number of carbonyl (C=O) groups is 1. The molecule has 1 heterocycles. The van der Waals surface area contributed by atoms with E-state index in [4.69, 9.17) is 29.0 Å². The summed E-state index contributed by atoms with van der Waals surface area (Å²) in [6.07, 6.45) is 1.87. The van der Waals surface area contributed by atoms with Crippen molar-refractivity contribution < 1.29 is 28.8 Å². The smallest absolute Gasteiger partial charge is 0.252 e. The second-order valence-electron chi connectivity index (χ2n) is 9.06. The van der Waals surface area contributed by atoms with Gasteiger partial charge in [-0.2, -0.15) is 0 Å².